The Bertz CT molecular complexity index is 623. The lowest BCUT2D eigenvalue weighted by Crippen LogP contribution is -2.26. The van der Waals surface area contributed by atoms with Crippen molar-refractivity contribution in [2.45, 2.75) is 6.42 Å². The van der Waals surface area contributed by atoms with Gasteiger partial charge < -0.3 is 0 Å². The van der Waals surface area contributed by atoms with Gasteiger partial charge in [-0.3, -0.25) is 9.69 Å². The third-order valence-electron chi connectivity index (χ3n) is 2.70. The Labute approximate surface area is 126 Å². The van der Waals surface area contributed by atoms with Gasteiger partial charge in [-0.1, -0.05) is 0 Å². The molecule has 0 radical (unpaired) electrons. The molecule has 0 bridgehead atoms. The molecule has 0 spiro atoms. The van der Waals surface area contributed by atoms with Crippen LogP contribution in [0.25, 0.3) is 0 Å². The van der Waals surface area contributed by atoms with E-state index in [1.807, 2.05) is 0 Å². The van der Waals surface area contributed by atoms with Crippen molar-refractivity contribution < 1.29 is 17.1 Å². The first-order valence-electron chi connectivity index (χ1n) is 5.31. The largest absolute Gasteiger partial charge is 0.302 e. The zero-order chi connectivity index (χ0) is 14.2. The number of aromatic nitrogens is 1. The standard InChI is InChI=1S/C10H9Br2FN2O3S/c11-7-1-2-8(14-10(7)12)15-4-6(3-9(15)16)5-19(13,17)18/h1-2,6H,3-5H2. The van der Waals surface area contributed by atoms with Gasteiger partial charge in [0.15, 0.2) is 0 Å². The smallest absolute Gasteiger partial charge is 0.296 e. The number of amides is 1. The van der Waals surface area contributed by atoms with Crippen LogP contribution in [0.15, 0.2) is 21.2 Å². The number of nitrogens with zero attached hydrogens (tertiary/aromatic N) is 2. The molecule has 1 amide bonds. The third-order valence-corrected chi connectivity index (χ3v) is 5.35. The summed E-state index contributed by atoms with van der Waals surface area (Å²) in [6.07, 6.45) is 0.0124. The van der Waals surface area contributed by atoms with Crippen molar-refractivity contribution in [3.8, 4) is 0 Å². The fraction of sp³-hybridized carbons (Fsp3) is 0.400. The maximum Gasteiger partial charge on any atom is 0.302 e. The fourth-order valence-corrected chi connectivity index (χ4v) is 3.28. The molecule has 9 heteroatoms. The Morgan fingerprint density at radius 1 is 1.42 bits per heavy atom. The monoisotopic (exact) mass is 414 g/mol. The van der Waals surface area contributed by atoms with E-state index in [4.69, 9.17) is 0 Å². The van der Waals surface area contributed by atoms with Gasteiger partial charge in [0.2, 0.25) is 5.91 Å². The van der Waals surface area contributed by atoms with Crippen molar-refractivity contribution in [1.82, 2.24) is 4.98 Å². The van der Waals surface area contributed by atoms with E-state index in [1.54, 1.807) is 12.1 Å². The Kier molecular flexibility index (Phi) is 4.26. The molecule has 0 aliphatic carbocycles. The maximum absolute atomic E-state index is 12.6. The summed E-state index contributed by atoms with van der Waals surface area (Å²) < 4.78 is 35.1. The molecule has 5 nitrogen and oxygen atoms in total. The highest BCUT2D eigenvalue weighted by Gasteiger charge is 2.34. The van der Waals surface area contributed by atoms with Gasteiger partial charge in [-0.05, 0) is 44.0 Å². The van der Waals surface area contributed by atoms with E-state index in [1.165, 1.54) is 4.90 Å². The van der Waals surface area contributed by atoms with Crippen molar-refractivity contribution in [2.24, 2.45) is 5.92 Å². The van der Waals surface area contributed by atoms with Crippen LogP contribution in [0.5, 0.6) is 0 Å². The highest BCUT2D eigenvalue weighted by atomic mass is 79.9. The third kappa shape index (κ3) is 3.73. The molecule has 1 atom stereocenters. The van der Waals surface area contributed by atoms with E-state index in [9.17, 15) is 17.1 Å². The van der Waals surface area contributed by atoms with E-state index < -0.39 is 21.9 Å². The van der Waals surface area contributed by atoms with Crippen LogP contribution in [-0.4, -0.2) is 31.6 Å². The molecule has 19 heavy (non-hydrogen) atoms. The summed E-state index contributed by atoms with van der Waals surface area (Å²) in [4.78, 5) is 17.3. The zero-order valence-electron chi connectivity index (χ0n) is 9.51. The second-order valence-electron chi connectivity index (χ2n) is 4.22. The van der Waals surface area contributed by atoms with Crippen LogP contribution in [-0.2, 0) is 15.0 Å². The van der Waals surface area contributed by atoms with Gasteiger partial charge in [0, 0.05) is 18.9 Å². The van der Waals surface area contributed by atoms with Gasteiger partial charge in [-0.15, -0.1) is 3.89 Å². The molecule has 1 unspecified atom stereocenters. The first-order valence-corrected chi connectivity index (χ1v) is 8.45. The molecule has 0 saturated carbocycles. The van der Waals surface area contributed by atoms with Crippen LogP contribution in [0.2, 0.25) is 0 Å². The summed E-state index contributed by atoms with van der Waals surface area (Å²) in [6, 6.07) is 3.36. The molecule has 0 aromatic carbocycles. The minimum Gasteiger partial charge on any atom is -0.296 e. The normalized spacial score (nSPS) is 20.1. The second-order valence-corrected chi connectivity index (χ2v) is 7.24. The van der Waals surface area contributed by atoms with E-state index in [0.717, 1.165) is 4.47 Å². The molecule has 1 aliphatic heterocycles. The lowest BCUT2D eigenvalue weighted by atomic mass is 10.1. The van der Waals surface area contributed by atoms with Crippen molar-refractivity contribution in [3.05, 3.63) is 21.2 Å². The molecule has 1 saturated heterocycles. The number of rotatable bonds is 3. The van der Waals surface area contributed by atoms with Crippen molar-refractivity contribution in [2.75, 3.05) is 17.2 Å². The number of anilines is 1. The van der Waals surface area contributed by atoms with Gasteiger partial charge in [0.25, 0.3) is 0 Å². The van der Waals surface area contributed by atoms with E-state index >= 15 is 0 Å². The first-order chi connectivity index (χ1) is 8.76. The molecule has 1 aliphatic rings. The number of hydrogen-bond donors (Lipinski definition) is 0. The van der Waals surface area contributed by atoms with Crippen LogP contribution < -0.4 is 4.90 Å². The van der Waals surface area contributed by atoms with Gasteiger partial charge in [0.1, 0.15) is 10.4 Å². The number of pyridine rings is 1. The zero-order valence-corrected chi connectivity index (χ0v) is 13.5. The van der Waals surface area contributed by atoms with Crippen LogP contribution in [0.3, 0.4) is 0 Å². The summed E-state index contributed by atoms with van der Waals surface area (Å²) in [5, 5.41) is 0. The Morgan fingerprint density at radius 2 is 2.11 bits per heavy atom. The molecule has 2 heterocycles. The van der Waals surface area contributed by atoms with Crippen molar-refractivity contribution in [3.63, 3.8) is 0 Å². The predicted molar refractivity (Wildman–Crippen MR) is 75.0 cm³/mol. The number of hydrogen-bond acceptors (Lipinski definition) is 4. The lowest BCUT2D eigenvalue weighted by Gasteiger charge is -2.15. The Morgan fingerprint density at radius 3 is 2.68 bits per heavy atom. The minimum absolute atomic E-state index is 0.0124. The molecule has 1 aromatic rings. The molecular formula is C10H9Br2FN2O3S. The topological polar surface area (TPSA) is 67.3 Å². The van der Waals surface area contributed by atoms with Crippen LogP contribution in [0.1, 0.15) is 6.42 Å². The molecule has 1 aromatic heterocycles. The summed E-state index contributed by atoms with van der Waals surface area (Å²) in [5.74, 6) is -1.01. The summed E-state index contributed by atoms with van der Waals surface area (Å²) in [6.45, 7) is 0.156. The van der Waals surface area contributed by atoms with Gasteiger partial charge in [0.05, 0.1) is 10.2 Å². The maximum atomic E-state index is 12.6. The van der Waals surface area contributed by atoms with Gasteiger partial charge in [-0.2, -0.15) is 8.42 Å². The summed E-state index contributed by atoms with van der Waals surface area (Å²) in [7, 11) is -4.57. The SMILES string of the molecule is O=C1CC(CS(=O)(=O)F)CN1c1ccc(Br)c(Br)n1. The highest BCUT2D eigenvalue weighted by Crippen LogP contribution is 2.28. The van der Waals surface area contributed by atoms with Crippen LogP contribution in [0, 0.1) is 5.92 Å². The number of carbonyl (C=O) groups excluding carboxylic acids is 1. The van der Waals surface area contributed by atoms with E-state index in [0.29, 0.717) is 10.4 Å². The minimum atomic E-state index is -4.57. The molecule has 2 rings (SSSR count). The van der Waals surface area contributed by atoms with Crippen LogP contribution in [0.4, 0.5) is 9.70 Å². The second kappa shape index (κ2) is 5.45. The van der Waals surface area contributed by atoms with E-state index in [2.05, 4.69) is 36.8 Å². The number of carbonyl (C=O) groups is 1. The van der Waals surface area contributed by atoms with Gasteiger partial charge >= 0.3 is 10.2 Å². The molecule has 1 fully saturated rings. The van der Waals surface area contributed by atoms with Gasteiger partial charge in [-0.25, -0.2) is 4.98 Å². The molecule has 104 valence electrons. The molecule has 0 N–H and O–H groups in total. The fourth-order valence-electron chi connectivity index (χ4n) is 1.95. The van der Waals surface area contributed by atoms with Crippen molar-refractivity contribution in [1.29, 1.82) is 0 Å². The van der Waals surface area contributed by atoms with E-state index in [-0.39, 0.29) is 18.9 Å². The predicted octanol–water partition coefficient (Wildman–Crippen LogP) is 2.26. The van der Waals surface area contributed by atoms with Crippen molar-refractivity contribution >= 4 is 53.8 Å². The average Bonchev–Trinajstić information content (AvgIpc) is 2.61. The number of halogens is 3. The summed E-state index contributed by atoms with van der Waals surface area (Å²) in [5.41, 5.74) is 0. The Hall–Kier alpha value is -0.540. The highest BCUT2D eigenvalue weighted by molar-refractivity contribution is 9.13. The Balaban J connectivity index is 2.18. The van der Waals surface area contributed by atoms with Crippen LogP contribution >= 0.6 is 31.9 Å². The lowest BCUT2D eigenvalue weighted by molar-refractivity contribution is -0.117. The quantitative estimate of drug-likeness (QED) is 0.560. The average molecular weight is 416 g/mol. The first kappa shape index (κ1) is 14.9. The molecular weight excluding hydrogens is 407 g/mol. The summed E-state index contributed by atoms with van der Waals surface area (Å²) >= 11 is 6.49.